The Morgan fingerprint density at radius 3 is 2.50 bits per heavy atom. The maximum Gasteiger partial charge on any atom is 0.312 e. The van der Waals surface area contributed by atoms with E-state index in [9.17, 15) is 13.2 Å². The lowest BCUT2D eigenvalue weighted by Crippen LogP contribution is -2.33. The molecule has 1 aromatic heterocycles. The van der Waals surface area contributed by atoms with Crippen molar-refractivity contribution in [3.05, 3.63) is 65.0 Å². The fraction of sp³-hybridized carbons (Fsp3) is 0.348. The summed E-state index contributed by atoms with van der Waals surface area (Å²) < 4.78 is 38.5. The Morgan fingerprint density at radius 1 is 1.11 bits per heavy atom. The molecule has 1 aliphatic rings. The minimum absolute atomic E-state index is 0.0737. The SMILES string of the molecule is Nc1nnc(CN(Cc2ccc(NS(=O)(=O)C3CCOCC3)cc2)C(=O)CSc2ccccc2Cl)o1. The Kier molecular flexibility index (Phi) is 8.72. The molecule has 10 nitrogen and oxygen atoms in total. The lowest BCUT2D eigenvalue weighted by molar-refractivity contribution is -0.129. The summed E-state index contributed by atoms with van der Waals surface area (Å²) in [6, 6.07) is 14.1. The minimum Gasteiger partial charge on any atom is -0.406 e. The van der Waals surface area contributed by atoms with Crippen LogP contribution in [-0.2, 0) is 32.6 Å². The van der Waals surface area contributed by atoms with Gasteiger partial charge in [0.25, 0.3) is 0 Å². The number of nitrogens with two attached hydrogens (primary N) is 1. The molecule has 0 unspecified atom stereocenters. The molecule has 4 rings (SSSR count). The zero-order valence-corrected chi connectivity index (χ0v) is 21.7. The molecule has 0 bridgehead atoms. The van der Waals surface area contributed by atoms with Crippen LogP contribution in [0.3, 0.4) is 0 Å². The molecule has 36 heavy (non-hydrogen) atoms. The Bertz CT molecular complexity index is 1280. The molecule has 1 amide bonds. The van der Waals surface area contributed by atoms with Crippen molar-refractivity contribution in [1.82, 2.24) is 15.1 Å². The first kappa shape index (κ1) is 26.3. The Morgan fingerprint density at radius 2 is 1.83 bits per heavy atom. The normalized spacial score (nSPS) is 14.5. The number of nitrogens with zero attached hydrogens (tertiary/aromatic N) is 3. The molecule has 1 aliphatic heterocycles. The summed E-state index contributed by atoms with van der Waals surface area (Å²) in [6.07, 6.45) is 0.938. The summed E-state index contributed by atoms with van der Waals surface area (Å²) in [5, 5.41) is 7.61. The molecule has 1 saturated heterocycles. The molecule has 3 N–H and O–H groups in total. The molecule has 2 aromatic carbocycles. The van der Waals surface area contributed by atoms with Crippen molar-refractivity contribution in [3.63, 3.8) is 0 Å². The topological polar surface area (TPSA) is 141 Å². The molecule has 0 spiro atoms. The maximum atomic E-state index is 13.1. The van der Waals surface area contributed by atoms with Crippen molar-refractivity contribution in [2.24, 2.45) is 0 Å². The average Bonchev–Trinajstić information content (AvgIpc) is 3.29. The van der Waals surface area contributed by atoms with Crippen LogP contribution in [0.25, 0.3) is 0 Å². The van der Waals surface area contributed by atoms with E-state index in [2.05, 4.69) is 14.9 Å². The predicted molar refractivity (Wildman–Crippen MR) is 138 cm³/mol. The molecule has 192 valence electrons. The number of benzene rings is 2. The fourth-order valence-corrected chi connectivity index (χ4v) is 6.24. The molecule has 0 aliphatic carbocycles. The van der Waals surface area contributed by atoms with E-state index in [-0.39, 0.29) is 36.7 Å². The van der Waals surface area contributed by atoms with E-state index in [1.807, 2.05) is 18.2 Å². The number of thioether (sulfide) groups is 1. The molecule has 0 atom stereocenters. The van der Waals surface area contributed by atoms with Crippen LogP contribution < -0.4 is 10.5 Å². The van der Waals surface area contributed by atoms with Gasteiger partial charge >= 0.3 is 6.01 Å². The van der Waals surface area contributed by atoms with Gasteiger partial charge in [0.05, 0.1) is 22.6 Å². The summed E-state index contributed by atoms with van der Waals surface area (Å²) in [7, 11) is -3.51. The van der Waals surface area contributed by atoms with Crippen LogP contribution in [0.1, 0.15) is 24.3 Å². The lowest BCUT2D eigenvalue weighted by atomic mass is 10.2. The molecule has 0 radical (unpaired) electrons. The van der Waals surface area contributed by atoms with Gasteiger partial charge in [-0.1, -0.05) is 41.0 Å². The van der Waals surface area contributed by atoms with Crippen LogP contribution >= 0.6 is 23.4 Å². The number of hydrogen-bond acceptors (Lipinski definition) is 9. The second-order valence-corrected chi connectivity index (χ2v) is 11.5. The third-order valence-corrected chi connectivity index (χ3v) is 8.91. The zero-order valence-electron chi connectivity index (χ0n) is 19.3. The highest BCUT2D eigenvalue weighted by Crippen LogP contribution is 2.27. The van der Waals surface area contributed by atoms with Gasteiger partial charge in [-0.05, 0) is 42.7 Å². The number of ether oxygens (including phenoxy) is 1. The first-order chi connectivity index (χ1) is 17.3. The van der Waals surface area contributed by atoms with Gasteiger partial charge in [-0.2, -0.15) is 0 Å². The number of carbonyl (C=O) groups excluding carboxylic acids is 1. The highest BCUT2D eigenvalue weighted by atomic mass is 35.5. The van der Waals surface area contributed by atoms with Gasteiger partial charge in [0.1, 0.15) is 0 Å². The summed E-state index contributed by atoms with van der Waals surface area (Å²) in [5.74, 6) is 0.196. The Hall–Kier alpha value is -2.80. The number of sulfonamides is 1. The van der Waals surface area contributed by atoms with Gasteiger partial charge < -0.3 is 19.8 Å². The van der Waals surface area contributed by atoms with Crippen LogP contribution in [0.4, 0.5) is 11.7 Å². The van der Waals surface area contributed by atoms with Gasteiger partial charge in [0.2, 0.25) is 21.8 Å². The Labute approximate surface area is 218 Å². The van der Waals surface area contributed by atoms with E-state index in [1.165, 1.54) is 11.8 Å². The van der Waals surface area contributed by atoms with E-state index < -0.39 is 15.3 Å². The van der Waals surface area contributed by atoms with Crippen molar-refractivity contribution in [1.29, 1.82) is 0 Å². The number of nitrogens with one attached hydrogen (secondary N) is 1. The van der Waals surface area contributed by atoms with Crippen molar-refractivity contribution in [2.75, 3.05) is 29.4 Å². The van der Waals surface area contributed by atoms with Crippen LogP contribution in [0.5, 0.6) is 0 Å². The lowest BCUT2D eigenvalue weighted by Gasteiger charge is -2.23. The van der Waals surface area contributed by atoms with Crippen LogP contribution in [0, 0.1) is 0 Å². The molecule has 13 heteroatoms. The molecular formula is C23H26ClN5O5S2. The van der Waals surface area contributed by atoms with E-state index in [0.717, 1.165) is 10.5 Å². The number of anilines is 2. The highest BCUT2D eigenvalue weighted by Gasteiger charge is 2.27. The van der Waals surface area contributed by atoms with E-state index in [1.54, 1.807) is 35.2 Å². The van der Waals surface area contributed by atoms with Gasteiger partial charge in [-0.3, -0.25) is 9.52 Å². The standard InChI is InChI=1S/C23H26ClN5O5S2/c24-19-3-1-2-4-20(19)35-15-22(30)29(14-21-26-27-23(25)34-21)13-16-5-7-17(8-6-16)28-36(31,32)18-9-11-33-12-10-18/h1-8,18,28H,9-15H2,(H2,25,27). The number of hydrogen-bond donors (Lipinski definition) is 2. The molecule has 1 fully saturated rings. The summed E-state index contributed by atoms with van der Waals surface area (Å²) >= 11 is 7.54. The van der Waals surface area contributed by atoms with Crippen LogP contribution in [-0.4, -0.2) is 53.6 Å². The maximum absolute atomic E-state index is 13.1. The van der Waals surface area contributed by atoms with Gasteiger partial charge in [-0.15, -0.1) is 16.9 Å². The molecule has 0 saturated carbocycles. The van der Waals surface area contributed by atoms with Crippen molar-refractivity contribution >= 4 is 51.0 Å². The number of nitrogen functional groups attached to an aromatic ring is 1. The largest absolute Gasteiger partial charge is 0.406 e. The molecular weight excluding hydrogens is 526 g/mol. The minimum atomic E-state index is -3.51. The summed E-state index contributed by atoms with van der Waals surface area (Å²) in [5.41, 5.74) is 6.79. The Balaban J connectivity index is 1.43. The number of carbonyl (C=O) groups is 1. The van der Waals surface area contributed by atoms with Crippen LogP contribution in [0.2, 0.25) is 5.02 Å². The first-order valence-corrected chi connectivity index (χ1v) is 14.1. The zero-order chi connectivity index (χ0) is 25.5. The average molecular weight is 552 g/mol. The number of rotatable bonds is 10. The van der Waals surface area contributed by atoms with E-state index >= 15 is 0 Å². The number of halogens is 1. The monoisotopic (exact) mass is 551 g/mol. The van der Waals surface area contributed by atoms with Gasteiger partial charge in [-0.25, -0.2) is 8.42 Å². The number of aromatic nitrogens is 2. The number of amides is 1. The van der Waals surface area contributed by atoms with Gasteiger partial charge in [0, 0.05) is 30.3 Å². The van der Waals surface area contributed by atoms with E-state index in [0.29, 0.717) is 36.8 Å². The second-order valence-electron chi connectivity index (χ2n) is 8.16. The van der Waals surface area contributed by atoms with Crippen molar-refractivity contribution < 1.29 is 22.4 Å². The first-order valence-electron chi connectivity index (χ1n) is 11.2. The molecule has 3 aromatic rings. The van der Waals surface area contributed by atoms with Crippen molar-refractivity contribution in [3.8, 4) is 0 Å². The van der Waals surface area contributed by atoms with Crippen molar-refractivity contribution in [2.45, 2.75) is 36.1 Å². The molecule has 2 heterocycles. The predicted octanol–water partition coefficient (Wildman–Crippen LogP) is 3.55. The van der Waals surface area contributed by atoms with Crippen LogP contribution in [0.15, 0.2) is 57.8 Å². The second kappa shape index (κ2) is 12.0. The highest BCUT2D eigenvalue weighted by molar-refractivity contribution is 8.00. The third kappa shape index (κ3) is 7.12. The fourth-order valence-electron chi connectivity index (χ4n) is 3.65. The van der Waals surface area contributed by atoms with Gasteiger partial charge in [0.15, 0.2) is 0 Å². The summed E-state index contributed by atoms with van der Waals surface area (Å²) in [6.45, 7) is 1.20. The quantitative estimate of drug-likeness (QED) is 0.362. The summed E-state index contributed by atoms with van der Waals surface area (Å²) in [4.78, 5) is 15.5. The smallest absolute Gasteiger partial charge is 0.312 e. The van der Waals surface area contributed by atoms with E-state index in [4.69, 9.17) is 26.5 Å². The third-order valence-electron chi connectivity index (χ3n) is 5.54.